The number of aromatic hydroxyl groups is 1. The first-order valence-corrected chi connectivity index (χ1v) is 6.97. The molecule has 6 heteroatoms. The zero-order valence-corrected chi connectivity index (χ0v) is 12.4. The van der Waals surface area contributed by atoms with E-state index in [0.717, 1.165) is 12.6 Å². The number of phenols is 1. The van der Waals surface area contributed by atoms with E-state index < -0.39 is 5.82 Å². The average molecular weight is 296 g/mol. The third kappa shape index (κ3) is 4.15. The van der Waals surface area contributed by atoms with E-state index in [1.54, 1.807) is 4.90 Å². The van der Waals surface area contributed by atoms with Crippen LogP contribution >= 0.6 is 0 Å². The SMILES string of the molecule is CN(C)CC1COCCN(C(=O)c2ccc(F)cc2O)C1. The van der Waals surface area contributed by atoms with Crippen LogP contribution in [0, 0.1) is 11.7 Å². The van der Waals surface area contributed by atoms with Crippen LogP contribution in [-0.2, 0) is 4.74 Å². The normalized spacial score (nSPS) is 19.6. The summed E-state index contributed by atoms with van der Waals surface area (Å²) in [5.74, 6) is -0.959. The van der Waals surface area contributed by atoms with Crippen LogP contribution in [0.25, 0.3) is 0 Å². The van der Waals surface area contributed by atoms with E-state index in [9.17, 15) is 14.3 Å². The lowest BCUT2D eigenvalue weighted by atomic mass is 10.1. The van der Waals surface area contributed by atoms with Crippen molar-refractivity contribution >= 4 is 5.91 Å². The van der Waals surface area contributed by atoms with Crippen molar-refractivity contribution < 1.29 is 19.0 Å². The molecule has 21 heavy (non-hydrogen) atoms. The molecule has 0 aliphatic carbocycles. The fourth-order valence-electron chi connectivity index (χ4n) is 2.55. The second-order valence-electron chi connectivity index (χ2n) is 5.62. The highest BCUT2D eigenvalue weighted by Gasteiger charge is 2.25. The van der Waals surface area contributed by atoms with Gasteiger partial charge < -0.3 is 19.6 Å². The Bertz CT molecular complexity index is 508. The van der Waals surface area contributed by atoms with Gasteiger partial charge in [0.2, 0.25) is 0 Å². The minimum absolute atomic E-state index is 0.127. The maximum Gasteiger partial charge on any atom is 0.257 e. The molecule has 1 amide bonds. The van der Waals surface area contributed by atoms with Gasteiger partial charge in [0.05, 0.1) is 18.8 Å². The number of rotatable bonds is 3. The molecule has 1 fully saturated rings. The molecule has 1 unspecified atom stereocenters. The molecule has 1 aromatic rings. The summed E-state index contributed by atoms with van der Waals surface area (Å²) in [5, 5.41) is 9.75. The highest BCUT2D eigenvalue weighted by molar-refractivity contribution is 5.96. The lowest BCUT2D eigenvalue weighted by Crippen LogP contribution is -2.38. The van der Waals surface area contributed by atoms with Crippen molar-refractivity contribution in [2.24, 2.45) is 5.92 Å². The fraction of sp³-hybridized carbons (Fsp3) is 0.533. The largest absolute Gasteiger partial charge is 0.507 e. The van der Waals surface area contributed by atoms with E-state index in [0.29, 0.717) is 26.3 Å². The van der Waals surface area contributed by atoms with Crippen LogP contribution in [0.15, 0.2) is 18.2 Å². The topological polar surface area (TPSA) is 53.0 Å². The predicted molar refractivity (Wildman–Crippen MR) is 76.8 cm³/mol. The number of halogens is 1. The highest BCUT2D eigenvalue weighted by atomic mass is 19.1. The zero-order valence-electron chi connectivity index (χ0n) is 12.4. The van der Waals surface area contributed by atoms with Crippen LogP contribution in [0.3, 0.4) is 0 Å². The Morgan fingerprint density at radius 3 is 2.95 bits per heavy atom. The number of nitrogens with zero attached hydrogens (tertiary/aromatic N) is 2. The van der Waals surface area contributed by atoms with Crippen LogP contribution in [0.4, 0.5) is 4.39 Å². The van der Waals surface area contributed by atoms with Gasteiger partial charge in [0.15, 0.2) is 0 Å². The van der Waals surface area contributed by atoms with E-state index in [4.69, 9.17) is 4.74 Å². The Labute approximate surface area is 123 Å². The van der Waals surface area contributed by atoms with Gasteiger partial charge in [-0.15, -0.1) is 0 Å². The molecule has 0 radical (unpaired) electrons. The van der Waals surface area contributed by atoms with Crippen molar-refractivity contribution in [3.63, 3.8) is 0 Å². The Kier molecular flexibility index (Phi) is 5.14. The second kappa shape index (κ2) is 6.87. The summed E-state index contributed by atoms with van der Waals surface area (Å²) in [4.78, 5) is 16.2. The minimum atomic E-state index is -0.561. The highest BCUT2D eigenvalue weighted by Crippen LogP contribution is 2.21. The van der Waals surface area contributed by atoms with Gasteiger partial charge >= 0.3 is 0 Å². The predicted octanol–water partition coefficient (Wildman–Crippen LogP) is 1.18. The number of carbonyl (C=O) groups excluding carboxylic acids is 1. The third-order valence-corrected chi connectivity index (χ3v) is 3.44. The van der Waals surface area contributed by atoms with Crippen molar-refractivity contribution in [2.45, 2.75) is 0 Å². The molecule has 1 aliphatic heterocycles. The van der Waals surface area contributed by atoms with Crippen LogP contribution in [0.5, 0.6) is 5.75 Å². The van der Waals surface area contributed by atoms with Crippen LogP contribution < -0.4 is 0 Å². The number of carbonyl (C=O) groups is 1. The van der Waals surface area contributed by atoms with Crippen molar-refractivity contribution in [3.8, 4) is 5.75 Å². The molecule has 5 nitrogen and oxygen atoms in total. The standard InChI is InChI=1S/C15H21FN2O3/c1-17(2)8-11-9-18(5-6-21-10-11)15(20)13-4-3-12(16)7-14(13)19/h3-4,7,11,19H,5-6,8-10H2,1-2H3. The lowest BCUT2D eigenvalue weighted by molar-refractivity contribution is 0.0732. The molecule has 116 valence electrons. The van der Waals surface area contributed by atoms with Gasteiger partial charge in [0.25, 0.3) is 5.91 Å². The fourth-order valence-corrected chi connectivity index (χ4v) is 2.55. The number of benzene rings is 1. The lowest BCUT2D eigenvalue weighted by Gasteiger charge is -2.25. The molecule has 0 bridgehead atoms. The van der Waals surface area contributed by atoms with Gasteiger partial charge in [-0.3, -0.25) is 4.79 Å². The first kappa shape index (κ1) is 15.7. The second-order valence-corrected chi connectivity index (χ2v) is 5.62. The monoisotopic (exact) mass is 296 g/mol. The van der Waals surface area contributed by atoms with E-state index >= 15 is 0 Å². The number of ether oxygens (including phenoxy) is 1. The van der Waals surface area contributed by atoms with Gasteiger partial charge in [0, 0.05) is 31.6 Å². The zero-order chi connectivity index (χ0) is 15.4. The van der Waals surface area contributed by atoms with Crippen LogP contribution in [0.1, 0.15) is 10.4 Å². The van der Waals surface area contributed by atoms with Crippen molar-refractivity contribution in [1.82, 2.24) is 9.80 Å². The average Bonchev–Trinajstić information content (AvgIpc) is 2.63. The Morgan fingerprint density at radius 1 is 1.52 bits per heavy atom. The molecule has 0 spiro atoms. The molecule has 0 saturated carbocycles. The third-order valence-electron chi connectivity index (χ3n) is 3.44. The molecule has 1 aromatic carbocycles. The Hall–Kier alpha value is -1.66. The molecule has 1 aliphatic rings. The van der Waals surface area contributed by atoms with Gasteiger partial charge in [-0.2, -0.15) is 0 Å². The van der Waals surface area contributed by atoms with Crippen molar-refractivity contribution in [1.29, 1.82) is 0 Å². The molecule has 1 saturated heterocycles. The van der Waals surface area contributed by atoms with Crippen molar-refractivity contribution in [3.05, 3.63) is 29.6 Å². The molecular weight excluding hydrogens is 275 g/mol. The summed E-state index contributed by atoms with van der Waals surface area (Å²) in [6, 6.07) is 3.46. The molecule has 1 atom stereocenters. The van der Waals surface area contributed by atoms with Crippen LogP contribution in [0.2, 0.25) is 0 Å². The maximum absolute atomic E-state index is 13.0. The molecule has 1 N–H and O–H groups in total. The van der Waals surface area contributed by atoms with E-state index in [1.165, 1.54) is 12.1 Å². The number of phenolic OH excluding ortho intramolecular Hbond substituents is 1. The summed E-state index contributed by atoms with van der Waals surface area (Å²) in [5.41, 5.74) is 0.127. The minimum Gasteiger partial charge on any atom is -0.507 e. The van der Waals surface area contributed by atoms with Gasteiger partial charge in [-0.1, -0.05) is 0 Å². The first-order chi connectivity index (χ1) is 9.97. The first-order valence-electron chi connectivity index (χ1n) is 6.97. The number of hydrogen-bond acceptors (Lipinski definition) is 4. The number of amides is 1. The molecule has 0 aromatic heterocycles. The molecular formula is C15H21FN2O3. The van der Waals surface area contributed by atoms with Gasteiger partial charge in [0.1, 0.15) is 11.6 Å². The van der Waals surface area contributed by atoms with E-state index in [-0.39, 0.29) is 23.1 Å². The summed E-state index contributed by atoms with van der Waals surface area (Å²) in [6.45, 7) is 2.93. The quantitative estimate of drug-likeness (QED) is 0.910. The molecule has 1 heterocycles. The van der Waals surface area contributed by atoms with Crippen molar-refractivity contribution in [2.75, 3.05) is 46.9 Å². The summed E-state index contributed by atoms with van der Waals surface area (Å²) >= 11 is 0. The van der Waals surface area contributed by atoms with E-state index in [2.05, 4.69) is 4.90 Å². The maximum atomic E-state index is 13.0. The van der Waals surface area contributed by atoms with Gasteiger partial charge in [-0.05, 0) is 26.2 Å². The summed E-state index contributed by atoms with van der Waals surface area (Å²) in [6.07, 6.45) is 0. The Morgan fingerprint density at radius 2 is 2.29 bits per heavy atom. The summed E-state index contributed by atoms with van der Waals surface area (Å²) in [7, 11) is 3.95. The molecule has 2 rings (SSSR count). The smallest absolute Gasteiger partial charge is 0.257 e. The number of hydrogen-bond donors (Lipinski definition) is 1. The Balaban J connectivity index is 2.12. The summed E-state index contributed by atoms with van der Waals surface area (Å²) < 4.78 is 18.5. The van der Waals surface area contributed by atoms with Crippen LogP contribution in [-0.4, -0.2) is 67.8 Å². The van der Waals surface area contributed by atoms with Gasteiger partial charge in [-0.25, -0.2) is 4.39 Å². The van der Waals surface area contributed by atoms with E-state index in [1.807, 2.05) is 14.1 Å².